The molecule has 1 aromatic heterocycles. The minimum Gasteiger partial charge on any atom is -0.337 e. The summed E-state index contributed by atoms with van der Waals surface area (Å²) >= 11 is 0. The molecule has 4 rings (SSSR count). The van der Waals surface area contributed by atoms with E-state index in [9.17, 15) is 14.4 Å². The van der Waals surface area contributed by atoms with Crippen LogP contribution in [0.5, 0.6) is 0 Å². The average Bonchev–Trinajstić information content (AvgIpc) is 3.37. The maximum Gasteiger partial charge on any atom is 0.255 e. The number of carbonyl (C=O) groups is 3. The maximum absolute atomic E-state index is 12.7. The summed E-state index contributed by atoms with van der Waals surface area (Å²) in [6.07, 6.45) is 5.42. The van der Waals surface area contributed by atoms with Crippen molar-refractivity contribution in [3.05, 3.63) is 78.4 Å². The Labute approximate surface area is 198 Å². The second kappa shape index (κ2) is 10.8. The highest BCUT2D eigenvalue weighted by molar-refractivity contribution is 6.05. The van der Waals surface area contributed by atoms with Gasteiger partial charge in [-0.25, -0.2) is 4.98 Å². The van der Waals surface area contributed by atoms with Gasteiger partial charge in [0.1, 0.15) is 0 Å². The van der Waals surface area contributed by atoms with Crippen molar-refractivity contribution >= 4 is 29.1 Å². The van der Waals surface area contributed by atoms with Gasteiger partial charge in [0.15, 0.2) is 0 Å². The van der Waals surface area contributed by atoms with Gasteiger partial charge in [-0.3, -0.25) is 14.4 Å². The van der Waals surface area contributed by atoms with Crippen LogP contribution in [0.1, 0.15) is 27.1 Å². The van der Waals surface area contributed by atoms with Gasteiger partial charge < -0.3 is 25.0 Å². The molecule has 1 fully saturated rings. The number of aromatic nitrogens is 2. The summed E-state index contributed by atoms with van der Waals surface area (Å²) in [5.74, 6) is -0.443. The normalized spacial score (nSPS) is 14.0. The van der Waals surface area contributed by atoms with Crippen molar-refractivity contribution in [2.45, 2.75) is 13.0 Å². The minimum absolute atomic E-state index is 0.00228. The molecular weight excluding hydrogens is 432 g/mol. The van der Waals surface area contributed by atoms with Gasteiger partial charge in [0.05, 0.1) is 6.33 Å². The highest BCUT2D eigenvalue weighted by atomic mass is 16.2. The van der Waals surface area contributed by atoms with E-state index in [2.05, 4.69) is 20.5 Å². The summed E-state index contributed by atoms with van der Waals surface area (Å²) in [6.45, 7) is 3.68. The van der Waals surface area contributed by atoms with Crippen molar-refractivity contribution in [2.24, 2.45) is 0 Å². The van der Waals surface area contributed by atoms with E-state index in [1.807, 2.05) is 16.5 Å². The Morgan fingerprint density at radius 2 is 1.68 bits per heavy atom. The number of aryl methyl sites for hydroxylation is 1. The second-order valence-corrected chi connectivity index (χ2v) is 8.31. The Hall–Kier alpha value is -3.98. The molecule has 1 saturated heterocycles. The zero-order valence-electron chi connectivity index (χ0n) is 19.1. The minimum atomic E-state index is -0.298. The fourth-order valence-electron chi connectivity index (χ4n) is 3.70. The molecule has 0 radical (unpaired) electrons. The third-order valence-electron chi connectivity index (χ3n) is 5.74. The van der Waals surface area contributed by atoms with Crippen molar-refractivity contribution in [1.82, 2.24) is 19.4 Å². The molecular formula is C25H28N6O3. The first kappa shape index (κ1) is 23.2. The first-order valence-electron chi connectivity index (χ1n) is 11.2. The van der Waals surface area contributed by atoms with E-state index >= 15 is 0 Å². The van der Waals surface area contributed by atoms with Crippen LogP contribution in [-0.2, 0) is 11.3 Å². The summed E-state index contributed by atoms with van der Waals surface area (Å²) in [5, 5.41) is 5.66. The number of nitrogens with one attached hydrogen (secondary N) is 2. The number of imidazole rings is 1. The number of nitrogens with zero attached hydrogens (tertiary/aromatic N) is 4. The van der Waals surface area contributed by atoms with Crippen molar-refractivity contribution in [2.75, 3.05) is 43.9 Å². The van der Waals surface area contributed by atoms with Crippen LogP contribution < -0.4 is 10.6 Å². The Bertz CT molecular complexity index is 1140. The molecule has 1 aliphatic rings. The van der Waals surface area contributed by atoms with Crippen LogP contribution in [0.2, 0.25) is 0 Å². The molecule has 34 heavy (non-hydrogen) atoms. The Balaban J connectivity index is 1.31. The zero-order chi connectivity index (χ0) is 23.9. The van der Waals surface area contributed by atoms with E-state index in [0.29, 0.717) is 48.6 Å². The van der Waals surface area contributed by atoms with Crippen LogP contribution in [0.15, 0.2) is 67.3 Å². The van der Waals surface area contributed by atoms with Gasteiger partial charge >= 0.3 is 0 Å². The van der Waals surface area contributed by atoms with Crippen molar-refractivity contribution in [1.29, 1.82) is 0 Å². The topological polar surface area (TPSA) is 99.6 Å². The molecule has 0 aliphatic carbocycles. The fraction of sp³-hybridized carbons (Fsp3) is 0.280. The van der Waals surface area contributed by atoms with Gasteiger partial charge in [-0.05, 0) is 49.5 Å². The third-order valence-corrected chi connectivity index (χ3v) is 5.74. The first-order chi connectivity index (χ1) is 16.5. The van der Waals surface area contributed by atoms with Crippen molar-refractivity contribution in [3.8, 4) is 0 Å². The number of hydrogen-bond acceptors (Lipinski definition) is 5. The smallest absolute Gasteiger partial charge is 0.255 e. The Morgan fingerprint density at radius 3 is 2.38 bits per heavy atom. The second-order valence-electron chi connectivity index (χ2n) is 8.31. The highest BCUT2D eigenvalue weighted by Crippen LogP contribution is 2.16. The lowest BCUT2D eigenvalue weighted by Crippen LogP contribution is -2.47. The molecule has 0 bridgehead atoms. The van der Waals surface area contributed by atoms with E-state index in [-0.39, 0.29) is 17.7 Å². The average molecular weight is 461 g/mol. The number of carbonyl (C=O) groups excluding carboxylic acids is 3. The summed E-state index contributed by atoms with van der Waals surface area (Å²) in [4.78, 5) is 45.6. The summed E-state index contributed by atoms with van der Waals surface area (Å²) < 4.78 is 1.83. The van der Waals surface area contributed by atoms with Crippen LogP contribution >= 0.6 is 0 Å². The number of rotatable bonds is 7. The Kier molecular flexibility index (Phi) is 7.34. The summed E-state index contributed by atoms with van der Waals surface area (Å²) in [5.41, 5.74) is 2.17. The van der Waals surface area contributed by atoms with E-state index in [1.54, 1.807) is 67.3 Å². The number of benzene rings is 2. The SMILES string of the molecule is CN1CCN(C(=O)c2ccc(NC(=O)c3cccc(NC(=O)CCn4ccnc4)c3)cc2)CC1. The van der Waals surface area contributed by atoms with Gasteiger partial charge in [-0.1, -0.05) is 6.07 Å². The van der Waals surface area contributed by atoms with Crippen LogP contribution in [0.3, 0.4) is 0 Å². The number of hydrogen-bond donors (Lipinski definition) is 2. The quantitative estimate of drug-likeness (QED) is 0.565. The molecule has 3 amide bonds. The monoisotopic (exact) mass is 460 g/mol. The molecule has 2 heterocycles. The lowest BCUT2D eigenvalue weighted by molar-refractivity contribution is -0.116. The van der Waals surface area contributed by atoms with E-state index in [0.717, 1.165) is 13.1 Å². The largest absolute Gasteiger partial charge is 0.337 e. The summed E-state index contributed by atoms with van der Waals surface area (Å²) in [6, 6.07) is 13.7. The standard InChI is InChI=1S/C25H28N6O3/c1-29-13-15-31(16-14-29)25(34)19-5-7-21(8-6-19)28-24(33)20-3-2-4-22(17-20)27-23(32)9-11-30-12-10-26-18-30/h2-8,10,12,17-18H,9,11,13-16H2,1H3,(H,27,32)(H,28,33). The van der Waals surface area contributed by atoms with Gasteiger partial charge in [-0.2, -0.15) is 0 Å². The molecule has 176 valence electrons. The van der Waals surface area contributed by atoms with Crippen LogP contribution in [0.25, 0.3) is 0 Å². The number of anilines is 2. The molecule has 2 aromatic carbocycles. The van der Waals surface area contributed by atoms with Gasteiger partial charge in [0, 0.05) is 74.0 Å². The van der Waals surface area contributed by atoms with Crippen LogP contribution in [-0.4, -0.2) is 70.3 Å². The van der Waals surface area contributed by atoms with Crippen molar-refractivity contribution < 1.29 is 14.4 Å². The molecule has 0 unspecified atom stereocenters. The number of amides is 3. The zero-order valence-corrected chi connectivity index (χ0v) is 19.1. The molecule has 9 heteroatoms. The molecule has 1 aliphatic heterocycles. The van der Waals surface area contributed by atoms with Crippen LogP contribution in [0.4, 0.5) is 11.4 Å². The van der Waals surface area contributed by atoms with Gasteiger partial charge in [0.25, 0.3) is 11.8 Å². The summed E-state index contributed by atoms with van der Waals surface area (Å²) in [7, 11) is 2.05. The van der Waals surface area contributed by atoms with Gasteiger partial charge in [-0.15, -0.1) is 0 Å². The molecule has 0 spiro atoms. The van der Waals surface area contributed by atoms with Crippen LogP contribution in [0, 0.1) is 0 Å². The lowest BCUT2D eigenvalue weighted by Gasteiger charge is -2.32. The van der Waals surface area contributed by atoms with Crippen molar-refractivity contribution in [3.63, 3.8) is 0 Å². The molecule has 0 saturated carbocycles. The molecule has 2 N–H and O–H groups in total. The molecule has 9 nitrogen and oxygen atoms in total. The molecule has 0 atom stereocenters. The maximum atomic E-state index is 12.7. The predicted molar refractivity (Wildman–Crippen MR) is 130 cm³/mol. The van der Waals surface area contributed by atoms with E-state index in [1.165, 1.54) is 0 Å². The first-order valence-corrected chi connectivity index (χ1v) is 11.2. The van der Waals surface area contributed by atoms with E-state index < -0.39 is 0 Å². The highest BCUT2D eigenvalue weighted by Gasteiger charge is 2.20. The third kappa shape index (κ3) is 6.08. The Morgan fingerprint density at radius 1 is 0.912 bits per heavy atom. The number of piperazine rings is 1. The predicted octanol–water partition coefficient (Wildman–Crippen LogP) is 2.55. The number of likely N-dealkylation sites (N-methyl/N-ethyl adjacent to an activating group) is 1. The lowest BCUT2D eigenvalue weighted by atomic mass is 10.1. The molecule has 3 aromatic rings. The van der Waals surface area contributed by atoms with E-state index in [4.69, 9.17) is 0 Å². The fourth-order valence-corrected chi connectivity index (χ4v) is 3.70. The van der Waals surface area contributed by atoms with Gasteiger partial charge in [0.2, 0.25) is 5.91 Å².